The van der Waals surface area contributed by atoms with Crippen LogP contribution in [-0.2, 0) is 0 Å². The molecule has 0 aromatic rings. The van der Waals surface area contributed by atoms with Gasteiger partial charge in [0.2, 0.25) is 0 Å². The lowest BCUT2D eigenvalue weighted by atomic mass is 9.91. The summed E-state index contributed by atoms with van der Waals surface area (Å²) in [5.41, 5.74) is 0. The standard InChI is InChI=1S/C8H11BrO/c1-8(9)5-3-2-4-7(8)6-10/h2-5,7,10H,6H2,1H3. The molecule has 1 N–H and O–H groups in total. The third-order valence-corrected chi connectivity index (χ3v) is 2.65. The molecule has 0 aliphatic heterocycles. The van der Waals surface area contributed by atoms with Gasteiger partial charge >= 0.3 is 0 Å². The number of aliphatic hydroxyl groups excluding tert-OH is 1. The number of aliphatic hydroxyl groups is 1. The van der Waals surface area contributed by atoms with Crippen LogP contribution in [-0.4, -0.2) is 16.0 Å². The zero-order valence-corrected chi connectivity index (χ0v) is 7.51. The van der Waals surface area contributed by atoms with Crippen LogP contribution in [0.4, 0.5) is 0 Å². The molecule has 0 aromatic carbocycles. The van der Waals surface area contributed by atoms with E-state index in [1.165, 1.54) is 0 Å². The molecular formula is C8H11BrO. The predicted octanol–water partition coefficient (Wildman–Crippen LogP) is 1.87. The van der Waals surface area contributed by atoms with Gasteiger partial charge in [-0.2, -0.15) is 0 Å². The van der Waals surface area contributed by atoms with Gasteiger partial charge in [-0.1, -0.05) is 40.2 Å². The Bertz CT molecular complexity index is 170. The molecule has 0 spiro atoms. The van der Waals surface area contributed by atoms with Crippen LogP contribution in [0.25, 0.3) is 0 Å². The number of hydrogen-bond donors (Lipinski definition) is 1. The zero-order valence-electron chi connectivity index (χ0n) is 5.92. The van der Waals surface area contributed by atoms with Gasteiger partial charge in [-0.3, -0.25) is 0 Å². The summed E-state index contributed by atoms with van der Waals surface area (Å²) in [7, 11) is 0. The second-order valence-electron chi connectivity index (χ2n) is 2.68. The van der Waals surface area contributed by atoms with Gasteiger partial charge in [0.15, 0.2) is 0 Å². The average Bonchev–Trinajstić information content (AvgIpc) is 1.87. The molecule has 1 aliphatic rings. The minimum Gasteiger partial charge on any atom is -0.396 e. The van der Waals surface area contributed by atoms with Crippen LogP contribution < -0.4 is 0 Å². The van der Waals surface area contributed by atoms with E-state index in [1.54, 1.807) is 0 Å². The van der Waals surface area contributed by atoms with Crippen molar-refractivity contribution in [2.24, 2.45) is 5.92 Å². The van der Waals surface area contributed by atoms with Gasteiger partial charge in [0.25, 0.3) is 0 Å². The Morgan fingerprint density at radius 1 is 1.60 bits per heavy atom. The Kier molecular flexibility index (Phi) is 2.32. The van der Waals surface area contributed by atoms with Gasteiger partial charge in [-0.05, 0) is 6.92 Å². The minimum absolute atomic E-state index is 0.0590. The third-order valence-electron chi connectivity index (χ3n) is 1.80. The Morgan fingerprint density at radius 2 is 2.30 bits per heavy atom. The molecule has 10 heavy (non-hydrogen) atoms. The third kappa shape index (κ3) is 1.50. The van der Waals surface area contributed by atoms with Gasteiger partial charge in [0.05, 0.1) is 6.61 Å². The van der Waals surface area contributed by atoms with E-state index in [0.29, 0.717) is 0 Å². The van der Waals surface area contributed by atoms with Crippen molar-refractivity contribution >= 4 is 15.9 Å². The summed E-state index contributed by atoms with van der Waals surface area (Å²) in [5.74, 6) is 0.206. The molecule has 0 fully saturated rings. The fraction of sp³-hybridized carbons (Fsp3) is 0.500. The molecule has 2 unspecified atom stereocenters. The number of rotatable bonds is 1. The monoisotopic (exact) mass is 202 g/mol. The van der Waals surface area contributed by atoms with Crippen molar-refractivity contribution in [1.82, 2.24) is 0 Å². The van der Waals surface area contributed by atoms with E-state index in [9.17, 15) is 0 Å². The maximum atomic E-state index is 8.91. The van der Waals surface area contributed by atoms with Crippen molar-refractivity contribution in [1.29, 1.82) is 0 Å². The van der Waals surface area contributed by atoms with Gasteiger partial charge in [0, 0.05) is 10.2 Å². The van der Waals surface area contributed by atoms with Crippen molar-refractivity contribution in [2.45, 2.75) is 11.2 Å². The first-order valence-corrected chi connectivity index (χ1v) is 4.12. The Balaban J connectivity index is 2.74. The fourth-order valence-corrected chi connectivity index (χ4v) is 1.44. The Morgan fingerprint density at radius 3 is 2.70 bits per heavy atom. The van der Waals surface area contributed by atoms with Crippen LogP contribution in [0.5, 0.6) is 0 Å². The summed E-state index contributed by atoms with van der Waals surface area (Å²) < 4.78 is -0.0590. The summed E-state index contributed by atoms with van der Waals surface area (Å²) in [6, 6.07) is 0. The molecular weight excluding hydrogens is 192 g/mol. The van der Waals surface area contributed by atoms with Gasteiger partial charge in [0.1, 0.15) is 0 Å². The summed E-state index contributed by atoms with van der Waals surface area (Å²) in [6.45, 7) is 2.25. The van der Waals surface area contributed by atoms with Crippen molar-refractivity contribution in [3.05, 3.63) is 24.3 Å². The predicted molar refractivity (Wildman–Crippen MR) is 46.2 cm³/mol. The molecule has 0 heterocycles. The molecule has 0 radical (unpaired) electrons. The van der Waals surface area contributed by atoms with E-state index < -0.39 is 0 Å². The topological polar surface area (TPSA) is 20.2 Å². The second-order valence-corrected chi connectivity index (χ2v) is 4.39. The molecule has 1 aliphatic carbocycles. The molecule has 0 aromatic heterocycles. The summed E-state index contributed by atoms with van der Waals surface area (Å²) >= 11 is 3.52. The van der Waals surface area contributed by atoms with Crippen molar-refractivity contribution in [2.75, 3.05) is 6.61 Å². The SMILES string of the molecule is CC1(Br)C=CC=CC1CO. The molecule has 1 rings (SSSR count). The van der Waals surface area contributed by atoms with E-state index in [2.05, 4.69) is 15.9 Å². The van der Waals surface area contributed by atoms with Crippen molar-refractivity contribution in [3.8, 4) is 0 Å². The Hall–Kier alpha value is -0.0800. The van der Waals surface area contributed by atoms with Crippen LogP contribution in [0, 0.1) is 5.92 Å². The molecule has 1 nitrogen and oxygen atoms in total. The first-order chi connectivity index (χ1) is 4.67. The lowest BCUT2D eigenvalue weighted by Crippen LogP contribution is -2.28. The normalized spacial score (nSPS) is 38.5. The molecule has 2 heteroatoms. The van der Waals surface area contributed by atoms with E-state index in [0.717, 1.165) is 0 Å². The molecule has 0 saturated heterocycles. The van der Waals surface area contributed by atoms with Crippen molar-refractivity contribution < 1.29 is 5.11 Å². The maximum absolute atomic E-state index is 8.91. The zero-order chi connectivity index (χ0) is 7.61. The van der Waals surface area contributed by atoms with Crippen molar-refractivity contribution in [3.63, 3.8) is 0 Å². The highest BCUT2D eigenvalue weighted by Crippen LogP contribution is 2.32. The smallest absolute Gasteiger partial charge is 0.0510 e. The first kappa shape index (κ1) is 8.02. The van der Waals surface area contributed by atoms with Crippen LogP contribution in [0.1, 0.15) is 6.92 Å². The molecule has 0 bridgehead atoms. The first-order valence-electron chi connectivity index (χ1n) is 3.32. The Labute approximate surface area is 69.6 Å². The summed E-state index contributed by atoms with van der Waals surface area (Å²) in [6.07, 6.45) is 8.01. The lowest BCUT2D eigenvalue weighted by Gasteiger charge is -2.27. The minimum atomic E-state index is -0.0590. The molecule has 0 amide bonds. The molecule has 2 atom stereocenters. The number of hydrogen-bond acceptors (Lipinski definition) is 1. The average molecular weight is 203 g/mol. The van der Waals surface area contributed by atoms with Crippen LogP contribution in [0.15, 0.2) is 24.3 Å². The number of allylic oxidation sites excluding steroid dienone is 3. The highest BCUT2D eigenvalue weighted by Gasteiger charge is 2.27. The number of alkyl halides is 1. The van der Waals surface area contributed by atoms with Gasteiger partial charge in [-0.25, -0.2) is 0 Å². The maximum Gasteiger partial charge on any atom is 0.0510 e. The second kappa shape index (κ2) is 2.89. The summed E-state index contributed by atoms with van der Waals surface area (Å²) in [5, 5.41) is 8.91. The largest absolute Gasteiger partial charge is 0.396 e. The fourth-order valence-electron chi connectivity index (χ4n) is 0.993. The van der Waals surface area contributed by atoms with Crippen LogP contribution >= 0.6 is 15.9 Å². The summed E-state index contributed by atoms with van der Waals surface area (Å²) in [4.78, 5) is 0. The molecule has 56 valence electrons. The van der Waals surface area contributed by atoms with Gasteiger partial charge < -0.3 is 5.11 Å². The van der Waals surface area contributed by atoms with E-state index in [4.69, 9.17) is 5.11 Å². The highest BCUT2D eigenvalue weighted by atomic mass is 79.9. The quantitative estimate of drug-likeness (QED) is 0.645. The number of halogens is 1. The van der Waals surface area contributed by atoms with E-state index in [-0.39, 0.29) is 16.8 Å². The van der Waals surface area contributed by atoms with Crippen LogP contribution in [0.3, 0.4) is 0 Å². The van der Waals surface area contributed by atoms with E-state index >= 15 is 0 Å². The van der Waals surface area contributed by atoms with Crippen LogP contribution in [0.2, 0.25) is 0 Å². The lowest BCUT2D eigenvalue weighted by molar-refractivity contribution is 0.240. The molecule has 0 saturated carbocycles. The highest BCUT2D eigenvalue weighted by molar-refractivity contribution is 9.10. The van der Waals surface area contributed by atoms with E-state index in [1.807, 2.05) is 31.2 Å². The van der Waals surface area contributed by atoms with Gasteiger partial charge in [-0.15, -0.1) is 0 Å².